The summed E-state index contributed by atoms with van der Waals surface area (Å²) in [4.78, 5) is 3.03. The van der Waals surface area contributed by atoms with Gasteiger partial charge in [-0.15, -0.1) is 0 Å². The molecule has 0 radical (unpaired) electrons. The second-order valence-electron chi connectivity index (χ2n) is 18.7. The number of allylic oxidation sites excluding steroid dienone is 18. The van der Waals surface area contributed by atoms with Crippen molar-refractivity contribution in [2.75, 3.05) is 0 Å². The molecule has 10 atom stereocenters. The van der Waals surface area contributed by atoms with Crippen LogP contribution >= 0.6 is 0 Å². The molecule has 11 rings (SSSR count). The number of rotatable bonds is 4. The molecule has 1 saturated carbocycles. The Kier molecular flexibility index (Phi) is 7.78. The first-order chi connectivity index (χ1) is 25.8. The fourth-order valence-electron chi connectivity index (χ4n) is 15.8. The lowest BCUT2D eigenvalue weighted by molar-refractivity contribution is 0.00242. The van der Waals surface area contributed by atoms with Gasteiger partial charge in [0.05, 0.1) is 6.04 Å². The number of likely N-dealkylation sites (tertiary alicyclic amines) is 1. The third-order valence-electron chi connectivity index (χ3n) is 17.1. The first kappa shape index (κ1) is 32.4. The van der Waals surface area contributed by atoms with Gasteiger partial charge in [0.25, 0.3) is 0 Å². The zero-order valence-corrected chi connectivity index (χ0v) is 31.7. The molecule has 1 saturated heterocycles. The van der Waals surface area contributed by atoms with Gasteiger partial charge in [0, 0.05) is 40.3 Å². The third-order valence-corrected chi connectivity index (χ3v) is 17.1. The van der Waals surface area contributed by atoms with E-state index in [2.05, 4.69) is 84.4 Å². The van der Waals surface area contributed by atoms with Crippen LogP contribution in [0.2, 0.25) is 0 Å². The Bertz CT molecular complexity index is 1860. The lowest BCUT2D eigenvalue weighted by Gasteiger charge is -2.64. The van der Waals surface area contributed by atoms with Gasteiger partial charge in [-0.3, -0.25) is 0 Å². The van der Waals surface area contributed by atoms with Crippen LogP contribution in [0, 0.1) is 46.3 Å². The summed E-state index contributed by atoms with van der Waals surface area (Å²) in [7, 11) is 0. The predicted octanol–water partition coefficient (Wildman–Crippen LogP) is 12.9. The van der Waals surface area contributed by atoms with Crippen molar-refractivity contribution in [3.05, 3.63) is 130 Å². The molecule has 52 heavy (non-hydrogen) atoms. The lowest BCUT2D eigenvalue weighted by Crippen LogP contribution is -2.57. The molecular formula is C51H61N. The van der Waals surface area contributed by atoms with Crippen molar-refractivity contribution in [1.82, 2.24) is 4.90 Å². The normalized spacial score (nSPS) is 42.7. The van der Waals surface area contributed by atoms with Crippen molar-refractivity contribution in [3.8, 4) is 0 Å². The van der Waals surface area contributed by atoms with Crippen LogP contribution in [0.4, 0.5) is 0 Å². The zero-order valence-electron chi connectivity index (χ0n) is 31.7. The molecule has 10 aliphatic carbocycles. The van der Waals surface area contributed by atoms with E-state index in [4.69, 9.17) is 0 Å². The summed E-state index contributed by atoms with van der Waals surface area (Å²) >= 11 is 0. The van der Waals surface area contributed by atoms with Gasteiger partial charge in [-0.1, -0.05) is 126 Å². The van der Waals surface area contributed by atoms with E-state index < -0.39 is 0 Å². The summed E-state index contributed by atoms with van der Waals surface area (Å²) in [5.41, 5.74) is 15.8. The van der Waals surface area contributed by atoms with Gasteiger partial charge in [0.15, 0.2) is 0 Å². The monoisotopic (exact) mass is 687 g/mol. The SMILES string of the molecule is C=C/C=C\CC1CC2=C(CCC=C2)C12C1=C(CC(N3C4=CC=CCC4C4C=CC=CC43)CC1)C1(C3=CCCCC3C3=C1CCCC3)C1CCCCC12. The smallest absolute Gasteiger partial charge is 0.0545 e. The highest BCUT2D eigenvalue weighted by atomic mass is 15.2. The van der Waals surface area contributed by atoms with E-state index in [0.29, 0.717) is 29.8 Å². The van der Waals surface area contributed by atoms with Gasteiger partial charge in [-0.25, -0.2) is 0 Å². The van der Waals surface area contributed by atoms with Crippen LogP contribution in [0.3, 0.4) is 0 Å². The second kappa shape index (κ2) is 12.5. The standard InChI is InChI=1S/C51H61N/c1-2-3-4-18-35-32-34-17-5-10-23-41(34)50(35)44-26-13-14-27-45(44)51(42-24-11-6-19-37(42)38-20-7-12-25-43(38)51)47-33-36(30-31-46(47)50)52-48-28-15-8-21-39(48)40-22-9-16-29-49(40)52/h2-5,8-9,15-17,21,24,28-29,35-37,39-40,44-45,48H,1,6-7,10-14,18-20,22-23,25-27,30-33H2/b4-3-. The number of hydrogen-bond acceptors (Lipinski definition) is 1. The van der Waals surface area contributed by atoms with Gasteiger partial charge < -0.3 is 4.90 Å². The van der Waals surface area contributed by atoms with E-state index in [1.54, 1.807) is 11.3 Å². The molecule has 0 amide bonds. The van der Waals surface area contributed by atoms with Crippen molar-refractivity contribution in [1.29, 1.82) is 0 Å². The minimum Gasteiger partial charge on any atom is -0.364 e. The molecule has 0 aromatic heterocycles. The highest BCUT2D eigenvalue weighted by Crippen LogP contribution is 2.78. The molecule has 2 fully saturated rings. The molecule has 270 valence electrons. The Balaban J connectivity index is 1.16. The molecule has 1 aliphatic heterocycles. The quantitative estimate of drug-likeness (QED) is 0.210. The van der Waals surface area contributed by atoms with Gasteiger partial charge in [-0.2, -0.15) is 0 Å². The molecule has 0 aromatic carbocycles. The average molecular weight is 688 g/mol. The van der Waals surface area contributed by atoms with E-state index in [9.17, 15) is 0 Å². The van der Waals surface area contributed by atoms with E-state index in [0.717, 1.165) is 17.8 Å². The van der Waals surface area contributed by atoms with Crippen molar-refractivity contribution in [3.63, 3.8) is 0 Å². The molecule has 0 aromatic rings. The zero-order chi connectivity index (χ0) is 34.4. The topological polar surface area (TPSA) is 3.24 Å². The van der Waals surface area contributed by atoms with Gasteiger partial charge in [0.1, 0.15) is 0 Å². The first-order valence-corrected chi connectivity index (χ1v) is 22.1. The van der Waals surface area contributed by atoms with Gasteiger partial charge >= 0.3 is 0 Å². The number of hydrogen-bond donors (Lipinski definition) is 0. The molecular weight excluding hydrogens is 627 g/mol. The molecule has 0 N–H and O–H groups in total. The Morgan fingerprint density at radius 1 is 0.788 bits per heavy atom. The fraction of sp³-hybridized carbons (Fsp3) is 0.569. The summed E-state index contributed by atoms with van der Waals surface area (Å²) in [6.45, 7) is 4.11. The minimum atomic E-state index is 0.211. The van der Waals surface area contributed by atoms with Crippen LogP contribution in [-0.4, -0.2) is 17.0 Å². The van der Waals surface area contributed by atoms with Crippen LogP contribution in [0.1, 0.15) is 122 Å². The molecule has 11 aliphatic rings. The maximum atomic E-state index is 4.11. The molecule has 2 spiro atoms. The summed E-state index contributed by atoms with van der Waals surface area (Å²) in [5.74, 6) is 4.25. The molecule has 10 unspecified atom stereocenters. The second-order valence-corrected chi connectivity index (χ2v) is 18.7. The van der Waals surface area contributed by atoms with E-state index in [1.807, 2.05) is 39.5 Å². The fourth-order valence-corrected chi connectivity index (χ4v) is 15.8. The maximum absolute atomic E-state index is 4.11. The minimum absolute atomic E-state index is 0.211. The molecule has 1 nitrogen and oxygen atoms in total. The highest BCUT2D eigenvalue weighted by Gasteiger charge is 2.69. The molecule has 1 heteroatoms. The summed E-state index contributed by atoms with van der Waals surface area (Å²) < 4.78 is 0. The van der Waals surface area contributed by atoms with Crippen LogP contribution in [0.5, 0.6) is 0 Å². The van der Waals surface area contributed by atoms with Crippen LogP contribution < -0.4 is 0 Å². The van der Waals surface area contributed by atoms with E-state index >= 15 is 0 Å². The predicted molar refractivity (Wildman–Crippen MR) is 216 cm³/mol. The van der Waals surface area contributed by atoms with E-state index in [1.165, 1.54) is 122 Å². The Morgan fingerprint density at radius 3 is 2.63 bits per heavy atom. The summed E-state index contributed by atoms with van der Waals surface area (Å²) in [6.07, 6.45) is 57.7. The van der Waals surface area contributed by atoms with Crippen molar-refractivity contribution < 1.29 is 0 Å². The van der Waals surface area contributed by atoms with Crippen LogP contribution in [0.25, 0.3) is 0 Å². The van der Waals surface area contributed by atoms with Crippen molar-refractivity contribution in [2.45, 2.75) is 134 Å². The lowest BCUT2D eigenvalue weighted by atomic mass is 9.39. The average Bonchev–Trinajstić information content (AvgIpc) is 3.82. The van der Waals surface area contributed by atoms with Gasteiger partial charge in [-0.05, 0) is 139 Å². The van der Waals surface area contributed by atoms with Crippen molar-refractivity contribution in [2.24, 2.45) is 46.3 Å². The Labute approximate surface area is 314 Å². The third kappa shape index (κ3) is 4.24. The maximum Gasteiger partial charge on any atom is 0.0545 e. The Morgan fingerprint density at radius 2 is 1.69 bits per heavy atom. The van der Waals surface area contributed by atoms with Crippen molar-refractivity contribution >= 4 is 0 Å². The summed E-state index contributed by atoms with van der Waals surface area (Å²) in [5, 5.41) is 0. The van der Waals surface area contributed by atoms with E-state index in [-0.39, 0.29) is 10.8 Å². The largest absolute Gasteiger partial charge is 0.364 e. The van der Waals surface area contributed by atoms with Gasteiger partial charge in [0.2, 0.25) is 0 Å². The summed E-state index contributed by atoms with van der Waals surface area (Å²) in [6, 6.07) is 1.11. The molecule has 1 heterocycles. The van der Waals surface area contributed by atoms with Crippen LogP contribution in [-0.2, 0) is 0 Å². The van der Waals surface area contributed by atoms with Crippen LogP contribution in [0.15, 0.2) is 130 Å². The number of fused-ring (bicyclic) bond motifs is 13. The highest BCUT2D eigenvalue weighted by molar-refractivity contribution is 5.62. The Hall–Kier alpha value is -3.06. The number of nitrogens with zero attached hydrogens (tertiary/aromatic N) is 1. The first-order valence-electron chi connectivity index (χ1n) is 22.1. The molecule has 0 bridgehead atoms.